The zero-order chi connectivity index (χ0) is 11.8. The van der Waals surface area contributed by atoms with Gasteiger partial charge in [0.25, 0.3) is 5.56 Å². The number of aromatic nitrogens is 2. The Kier molecular flexibility index (Phi) is 2.90. The molecule has 1 saturated carbocycles. The first-order chi connectivity index (χ1) is 7.58. The van der Waals surface area contributed by atoms with Gasteiger partial charge in [-0.25, -0.2) is 4.68 Å². The Balaban J connectivity index is 2.11. The average Bonchev–Trinajstić information content (AvgIpc) is 3.06. The fraction of sp³-hybridized carbons (Fsp3) is 0.600. The van der Waals surface area contributed by atoms with Crippen molar-refractivity contribution in [2.75, 3.05) is 18.5 Å². The van der Waals surface area contributed by atoms with Crippen LogP contribution in [0.5, 0.6) is 0 Å². The molecule has 0 aliphatic heterocycles. The van der Waals surface area contributed by atoms with Crippen LogP contribution in [0.25, 0.3) is 0 Å². The maximum Gasteiger partial charge on any atom is 0.287 e. The highest BCUT2D eigenvalue weighted by molar-refractivity contribution is 6.32. The van der Waals surface area contributed by atoms with Crippen LogP contribution in [0.3, 0.4) is 0 Å². The van der Waals surface area contributed by atoms with Crippen molar-refractivity contribution in [1.29, 1.82) is 0 Å². The smallest absolute Gasteiger partial charge is 0.287 e. The highest BCUT2D eigenvalue weighted by Crippen LogP contribution is 2.45. The Bertz CT molecular complexity index is 454. The quantitative estimate of drug-likeness (QED) is 0.814. The second-order valence-corrected chi connectivity index (χ2v) is 4.69. The van der Waals surface area contributed by atoms with E-state index in [-0.39, 0.29) is 22.6 Å². The van der Waals surface area contributed by atoms with Crippen LogP contribution in [0.2, 0.25) is 5.02 Å². The Morgan fingerprint density at radius 1 is 1.69 bits per heavy atom. The summed E-state index contributed by atoms with van der Waals surface area (Å²) >= 11 is 5.89. The number of aryl methyl sites for hydroxylation is 1. The molecule has 0 unspecified atom stereocenters. The number of anilines is 1. The Labute approximate surface area is 98.0 Å². The lowest BCUT2D eigenvalue weighted by atomic mass is 10.1. The number of rotatable bonds is 4. The van der Waals surface area contributed by atoms with Gasteiger partial charge in [-0.15, -0.1) is 0 Å². The molecule has 0 spiro atoms. The van der Waals surface area contributed by atoms with E-state index in [4.69, 9.17) is 16.7 Å². The second-order valence-electron chi connectivity index (χ2n) is 4.31. The van der Waals surface area contributed by atoms with E-state index in [1.54, 1.807) is 7.05 Å². The van der Waals surface area contributed by atoms with Gasteiger partial charge in [0.05, 0.1) is 18.5 Å². The number of aliphatic hydroxyl groups excluding tert-OH is 1. The molecule has 0 amide bonds. The molecule has 1 aliphatic rings. The highest BCUT2D eigenvalue weighted by Gasteiger charge is 2.41. The van der Waals surface area contributed by atoms with Gasteiger partial charge in [0, 0.05) is 19.0 Å². The summed E-state index contributed by atoms with van der Waals surface area (Å²) in [7, 11) is 1.55. The first-order valence-electron chi connectivity index (χ1n) is 5.14. The molecule has 88 valence electrons. The summed E-state index contributed by atoms with van der Waals surface area (Å²) in [5.74, 6) is 0. The SMILES string of the molecule is Cn1ncc(NCC2(CO)CC2)c(Cl)c1=O. The lowest BCUT2D eigenvalue weighted by molar-refractivity contribution is 0.220. The first kappa shape index (κ1) is 11.4. The van der Waals surface area contributed by atoms with E-state index in [0.29, 0.717) is 12.2 Å². The number of hydrogen-bond donors (Lipinski definition) is 2. The first-order valence-corrected chi connectivity index (χ1v) is 5.52. The molecule has 0 radical (unpaired) electrons. The summed E-state index contributed by atoms with van der Waals surface area (Å²) in [6.45, 7) is 0.786. The minimum absolute atomic E-state index is 0.0234. The normalized spacial score (nSPS) is 17.2. The third-order valence-corrected chi connectivity index (χ3v) is 3.39. The van der Waals surface area contributed by atoms with Gasteiger partial charge in [-0.3, -0.25) is 4.79 Å². The number of nitrogens with zero attached hydrogens (tertiary/aromatic N) is 2. The molecule has 1 aromatic rings. The summed E-state index contributed by atoms with van der Waals surface area (Å²) < 4.78 is 1.19. The van der Waals surface area contributed by atoms with Crippen LogP contribution in [-0.4, -0.2) is 28.0 Å². The number of halogens is 1. The van der Waals surface area contributed by atoms with Crippen molar-refractivity contribution in [3.63, 3.8) is 0 Å². The Hall–Kier alpha value is -1.07. The molecule has 1 aliphatic carbocycles. The van der Waals surface area contributed by atoms with Crippen LogP contribution in [-0.2, 0) is 7.05 Å². The molecule has 1 fully saturated rings. The lowest BCUT2D eigenvalue weighted by Crippen LogP contribution is -2.24. The van der Waals surface area contributed by atoms with Crippen molar-refractivity contribution in [3.05, 3.63) is 21.6 Å². The molecule has 1 aromatic heterocycles. The van der Waals surface area contributed by atoms with E-state index in [9.17, 15) is 4.79 Å². The number of nitrogens with one attached hydrogen (secondary N) is 1. The maximum absolute atomic E-state index is 11.5. The van der Waals surface area contributed by atoms with Gasteiger partial charge in [0.2, 0.25) is 0 Å². The van der Waals surface area contributed by atoms with E-state index in [1.807, 2.05) is 0 Å². The number of hydrogen-bond acceptors (Lipinski definition) is 4. The van der Waals surface area contributed by atoms with Gasteiger partial charge in [-0.2, -0.15) is 5.10 Å². The van der Waals surface area contributed by atoms with Crippen LogP contribution >= 0.6 is 11.6 Å². The van der Waals surface area contributed by atoms with Gasteiger partial charge in [0.1, 0.15) is 5.02 Å². The third kappa shape index (κ3) is 2.05. The topological polar surface area (TPSA) is 67.2 Å². The third-order valence-electron chi connectivity index (χ3n) is 3.02. The standard InChI is InChI=1S/C10H14ClN3O2/c1-14-9(16)8(11)7(4-13-14)12-5-10(6-15)2-3-10/h4,12,15H,2-3,5-6H2,1H3. The molecular weight excluding hydrogens is 230 g/mol. The molecule has 6 heteroatoms. The van der Waals surface area contributed by atoms with Crippen molar-refractivity contribution in [2.24, 2.45) is 12.5 Å². The van der Waals surface area contributed by atoms with Crippen molar-refractivity contribution < 1.29 is 5.11 Å². The van der Waals surface area contributed by atoms with Crippen LogP contribution in [0.4, 0.5) is 5.69 Å². The summed E-state index contributed by atoms with van der Waals surface area (Å²) in [5, 5.41) is 16.2. The zero-order valence-electron chi connectivity index (χ0n) is 9.03. The summed E-state index contributed by atoms with van der Waals surface area (Å²) in [6, 6.07) is 0. The van der Waals surface area contributed by atoms with E-state index in [1.165, 1.54) is 10.9 Å². The van der Waals surface area contributed by atoms with Gasteiger partial charge in [-0.1, -0.05) is 11.6 Å². The maximum atomic E-state index is 11.5. The minimum Gasteiger partial charge on any atom is -0.396 e. The van der Waals surface area contributed by atoms with Crippen LogP contribution in [0, 0.1) is 5.41 Å². The molecule has 16 heavy (non-hydrogen) atoms. The summed E-state index contributed by atoms with van der Waals surface area (Å²) in [4.78, 5) is 11.5. The van der Waals surface area contributed by atoms with Crippen LogP contribution in [0.1, 0.15) is 12.8 Å². The molecular formula is C10H14ClN3O2. The van der Waals surface area contributed by atoms with Gasteiger partial charge in [0.15, 0.2) is 0 Å². The Morgan fingerprint density at radius 2 is 2.38 bits per heavy atom. The molecule has 0 aromatic carbocycles. The van der Waals surface area contributed by atoms with E-state index >= 15 is 0 Å². The van der Waals surface area contributed by atoms with Crippen molar-refractivity contribution in [3.8, 4) is 0 Å². The molecule has 2 rings (SSSR count). The monoisotopic (exact) mass is 243 g/mol. The highest BCUT2D eigenvalue weighted by atomic mass is 35.5. The molecule has 2 N–H and O–H groups in total. The summed E-state index contributed by atoms with van der Waals surface area (Å²) in [6.07, 6.45) is 3.54. The fourth-order valence-corrected chi connectivity index (χ4v) is 1.72. The molecule has 0 saturated heterocycles. The molecule has 1 heterocycles. The largest absolute Gasteiger partial charge is 0.396 e. The Morgan fingerprint density at radius 3 is 2.94 bits per heavy atom. The van der Waals surface area contributed by atoms with E-state index in [0.717, 1.165) is 12.8 Å². The molecule has 0 bridgehead atoms. The lowest BCUT2D eigenvalue weighted by Gasteiger charge is -2.14. The van der Waals surface area contributed by atoms with Gasteiger partial charge < -0.3 is 10.4 Å². The zero-order valence-corrected chi connectivity index (χ0v) is 9.79. The minimum atomic E-state index is -0.319. The summed E-state index contributed by atoms with van der Waals surface area (Å²) in [5.41, 5.74) is 0.190. The van der Waals surface area contributed by atoms with Crippen molar-refractivity contribution >= 4 is 17.3 Å². The van der Waals surface area contributed by atoms with Crippen LogP contribution in [0.15, 0.2) is 11.0 Å². The van der Waals surface area contributed by atoms with Gasteiger partial charge >= 0.3 is 0 Å². The number of aliphatic hydroxyl groups is 1. The van der Waals surface area contributed by atoms with E-state index < -0.39 is 0 Å². The predicted octanol–water partition coefficient (Wildman–Crippen LogP) is 0.618. The van der Waals surface area contributed by atoms with Gasteiger partial charge in [-0.05, 0) is 12.8 Å². The second kappa shape index (κ2) is 4.07. The molecule has 5 nitrogen and oxygen atoms in total. The van der Waals surface area contributed by atoms with Crippen molar-refractivity contribution in [1.82, 2.24) is 9.78 Å². The van der Waals surface area contributed by atoms with E-state index in [2.05, 4.69) is 10.4 Å². The fourth-order valence-electron chi connectivity index (χ4n) is 1.48. The average molecular weight is 244 g/mol. The predicted molar refractivity (Wildman–Crippen MR) is 61.7 cm³/mol. The molecule has 0 atom stereocenters. The van der Waals surface area contributed by atoms with Crippen molar-refractivity contribution in [2.45, 2.75) is 12.8 Å². The van der Waals surface area contributed by atoms with Crippen LogP contribution < -0.4 is 10.9 Å².